The lowest BCUT2D eigenvalue weighted by atomic mass is 10.2. The number of ether oxygens (including phenoxy) is 1. The van der Waals surface area contributed by atoms with Crippen molar-refractivity contribution in [2.75, 3.05) is 20.3 Å². The molecule has 2 aromatic heterocycles. The van der Waals surface area contributed by atoms with Crippen LogP contribution in [0.15, 0.2) is 44.9 Å². The topological polar surface area (TPSA) is 124 Å². The Morgan fingerprint density at radius 3 is 2.88 bits per heavy atom. The Kier molecular flexibility index (Phi) is 6.53. The van der Waals surface area contributed by atoms with Gasteiger partial charge in [0.2, 0.25) is 0 Å². The number of carbonyl (C=O) groups excluding carboxylic acids is 1. The monoisotopic (exact) mass is 496 g/mol. The van der Waals surface area contributed by atoms with Crippen LogP contribution in [0.5, 0.6) is 0 Å². The van der Waals surface area contributed by atoms with Crippen molar-refractivity contribution in [3.05, 3.63) is 50.6 Å². The van der Waals surface area contributed by atoms with Gasteiger partial charge >= 0.3 is 0 Å². The third-order valence-corrected chi connectivity index (χ3v) is 9.49. The van der Waals surface area contributed by atoms with Gasteiger partial charge in [-0.05, 0) is 30.4 Å². The van der Waals surface area contributed by atoms with Gasteiger partial charge in [-0.25, -0.2) is 8.42 Å². The number of aromatic nitrogens is 1. The number of hydrogen-bond acceptors (Lipinski definition) is 8. The molecule has 1 fully saturated rings. The fourth-order valence-corrected chi connectivity index (χ4v) is 7.44. The Morgan fingerprint density at radius 1 is 1.38 bits per heavy atom. The average molecular weight is 497 g/mol. The van der Waals surface area contributed by atoms with E-state index >= 15 is 0 Å². The number of sulfonamides is 1. The molecule has 32 heavy (non-hydrogen) atoms. The third kappa shape index (κ3) is 4.26. The minimum absolute atomic E-state index is 0.0663. The second-order valence-corrected chi connectivity index (χ2v) is 11.2. The first kappa shape index (κ1) is 22.7. The number of nitro benzene ring substituents is 1. The highest BCUT2D eigenvalue weighted by molar-refractivity contribution is 7.91. The van der Waals surface area contributed by atoms with E-state index in [-0.39, 0.29) is 16.4 Å². The Balaban J connectivity index is 1.74. The summed E-state index contributed by atoms with van der Waals surface area (Å²) in [7, 11) is -2.24. The summed E-state index contributed by atoms with van der Waals surface area (Å²) >= 11 is 2.33. The molecule has 0 aliphatic carbocycles. The quantitative estimate of drug-likeness (QED) is 0.366. The van der Waals surface area contributed by atoms with E-state index < -0.39 is 26.9 Å². The fraction of sp³-hybridized carbons (Fsp3) is 0.368. The van der Waals surface area contributed by atoms with Crippen molar-refractivity contribution in [3.63, 3.8) is 0 Å². The zero-order chi connectivity index (χ0) is 22.9. The number of benzene rings is 1. The molecule has 10 nitrogen and oxygen atoms in total. The molecule has 1 saturated heterocycles. The molecule has 1 aromatic carbocycles. The van der Waals surface area contributed by atoms with Crippen LogP contribution >= 0.6 is 22.7 Å². The van der Waals surface area contributed by atoms with E-state index in [4.69, 9.17) is 4.74 Å². The Morgan fingerprint density at radius 2 is 2.19 bits per heavy atom. The van der Waals surface area contributed by atoms with E-state index in [2.05, 4.69) is 4.99 Å². The SMILES string of the molecule is COCCn1c(=NC(=O)C2CCCN2S(=O)(=O)c2cccs2)sc2ccc([N+](=O)[O-])cc21. The Labute approximate surface area is 191 Å². The van der Waals surface area contributed by atoms with Crippen molar-refractivity contribution in [1.29, 1.82) is 0 Å². The first-order valence-corrected chi connectivity index (χ1v) is 12.9. The highest BCUT2D eigenvalue weighted by Crippen LogP contribution is 2.29. The summed E-state index contributed by atoms with van der Waals surface area (Å²) in [5, 5.41) is 12.9. The lowest BCUT2D eigenvalue weighted by Crippen LogP contribution is -2.40. The summed E-state index contributed by atoms with van der Waals surface area (Å²) in [6, 6.07) is 6.76. The van der Waals surface area contributed by atoms with Crippen LogP contribution in [0.2, 0.25) is 0 Å². The number of non-ortho nitro benzene ring substituents is 1. The molecule has 1 atom stereocenters. The zero-order valence-electron chi connectivity index (χ0n) is 17.0. The molecule has 1 unspecified atom stereocenters. The summed E-state index contributed by atoms with van der Waals surface area (Å²) in [6.45, 7) is 0.915. The summed E-state index contributed by atoms with van der Waals surface area (Å²) in [5.74, 6) is -0.546. The number of hydrogen-bond donors (Lipinski definition) is 0. The van der Waals surface area contributed by atoms with Gasteiger partial charge in [0.25, 0.3) is 21.6 Å². The number of fused-ring (bicyclic) bond motifs is 1. The molecule has 1 aliphatic heterocycles. The van der Waals surface area contributed by atoms with Crippen molar-refractivity contribution in [1.82, 2.24) is 8.87 Å². The highest BCUT2D eigenvalue weighted by atomic mass is 32.2. The number of rotatable bonds is 7. The molecule has 0 N–H and O–H groups in total. The van der Waals surface area contributed by atoms with Gasteiger partial charge in [-0.15, -0.1) is 11.3 Å². The largest absolute Gasteiger partial charge is 0.383 e. The van der Waals surface area contributed by atoms with Crippen LogP contribution in [0.4, 0.5) is 5.69 Å². The maximum Gasteiger partial charge on any atom is 0.271 e. The van der Waals surface area contributed by atoms with Gasteiger partial charge in [0.1, 0.15) is 10.3 Å². The number of amides is 1. The smallest absolute Gasteiger partial charge is 0.271 e. The van der Waals surface area contributed by atoms with Crippen LogP contribution in [-0.4, -0.2) is 54.4 Å². The Hall–Kier alpha value is -2.45. The van der Waals surface area contributed by atoms with Crippen LogP contribution < -0.4 is 4.80 Å². The predicted octanol–water partition coefficient (Wildman–Crippen LogP) is 2.60. The van der Waals surface area contributed by atoms with E-state index in [9.17, 15) is 23.3 Å². The first-order valence-electron chi connectivity index (χ1n) is 9.73. The van der Waals surface area contributed by atoms with E-state index in [1.54, 1.807) is 22.1 Å². The van der Waals surface area contributed by atoms with E-state index in [1.165, 1.54) is 41.0 Å². The lowest BCUT2D eigenvalue weighted by Gasteiger charge is -2.20. The summed E-state index contributed by atoms with van der Waals surface area (Å²) in [4.78, 5) is 28.4. The van der Waals surface area contributed by atoms with Gasteiger partial charge < -0.3 is 9.30 Å². The highest BCUT2D eigenvalue weighted by Gasteiger charge is 2.40. The van der Waals surface area contributed by atoms with Crippen LogP contribution in [0.25, 0.3) is 10.2 Å². The number of thiazole rings is 1. The molecule has 0 bridgehead atoms. The van der Waals surface area contributed by atoms with Gasteiger partial charge in [-0.2, -0.15) is 9.30 Å². The van der Waals surface area contributed by atoms with Gasteiger partial charge in [0, 0.05) is 32.3 Å². The van der Waals surface area contributed by atoms with E-state index in [1.807, 2.05) is 0 Å². The van der Waals surface area contributed by atoms with Crippen LogP contribution in [0.1, 0.15) is 12.8 Å². The molecular formula is C19H20N4O6S3. The molecule has 4 rings (SSSR count). The number of thiophene rings is 1. The summed E-state index contributed by atoms with van der Waals surface area (Å²) in [5.41, 5.74) is 0.505. The van der Waals surface area contributed by atoms with Crippen LogP contribution in [-0.2, 0) is 26.1 Å². The first-order chi connectivity index (χ1) is 15.3. The summed E-state index contributed by atoms with van der Waals surface area (Å²) in [6.07, 6.45) is 0.959. The number of nitrogens with zero attached hydrogens (tertiary/aromatic N) is 4. The minimum atomic E-state index is -3.77. The number of methoxy groups -OCH3 is 1. The summed E-state index contributed by atoms with van der Waals surface area (Å²) < 4.78 is 34.9. The predicted molar refractivity (Wildman–Crippen MR) is 120 cm³/mol. The van der Waals surface area contributed by atoms with Gasteiger partial charge in [-0.3, -0.25) is 14.9 Å². The molecule has 1 aliphatic rings. The third-order valence-electron chi connectivity index (χ3n) is 5.15. The van der Waals surface area contributed by atoms with Crippen molar-refractivity contribution in [3.8, 4) is 0 Å². The average Bonchev–Trinajstić information content (AvgIpc) is 3.51. The number of nitro groups is 1. The van der Waals surface area contributed by atoms with Crippen LogP contribution in [0, 0.1) is 10.1 Å². The van der Waals surface area contributed by atoms with Crippen molar-refractivity contribution < 1.29 is 22.9 Å². The van der Waals surface area contributed by atoms with Crippen molar-refractivity contribution >= 4 is 54.5 Å². The van der Waals surface area contributed by atoms with Crippen molar-refractivity contribution in [2.45, 2.75) is 29.6 Å². The molecule has 13 heteroatoms. The molecule has 170 valence electrons. The molecule has 0 saturated carbocycles. The lowest BCUT2D eigenvalue weighted by molar-refractivity contribution is -0.384. The van der Waals surface area contributed by atoms with Gasteiger partial charge in [0.05, 0.1) is 21.7 Å². The zero-order valence-corrected chi connectivity index (χ0v) is 19.5. The standard InChI is InChI=1S/C19H20N4O6S3/c1-29-10-9-21-15-12-13(23(25)26)6-7-16(15)31-19(21)20-18(24)14-4-2-8-22(14)32(27,28)17-5-3-11-30-17/h3,5-7,11-12,14H,2,4,8-10H2,1H3. The molecule has 0 radical (unpaired) electrons. The van der Waals surface area contributed by atoms with E-state index in [0.717, 1.165) is 16.0 Å². The van der Waals surface area contributed by atoms with Crippen LogP contribution in [0.3, 0.4) is 0 Å². The second-order valence-electron chi connectivity index (χ2n) is 7.09. The Bertz CT molecular complexity index is 1330. The maximum absolute atomic E-state index is 13.1. The number of carbonyl (C=O) groups is 1. The maximum atomic E-state index is 13.1. The molecule has 3 heterocycles. The van der Waals surface area contributed by atoms with E-state index in [0.29, 0.717) is 36.3 Å². The second kappa shape index (κ2) is 9.19. The molecule has 3 aromatic rings. The molecular weight excluding hydrogens is 476 g/mol. The normalized spacial score (nSPS) is 17.9. The molecule has 1 amide bonds. The van der Waals surface area contributed by atoms with Gasteiger partial charge in [-0.1, -0.05) is 17.4 Å². The van der Waals surface area contributed by atoms with Crippen molar-refractivity contribution in [2.24, 2.45) is 4.99 Å². The van der Waals surface area contributed by atoms with Gasteiger partial charge in [0.15, 0.2) is 4.80 Å². The molecule has 0 spiro atoms. The fourth-order valence-electron chi connectivity index (χ4n) is 3.62. The minimum Gasteiger partial charge on any atom is -0.383 e.